The summed E-state index contributed by atoms with van der Waals surface area (Å²) < 4.78 is 12.5. The highest BCUT2D eigenvalue weighted by Gasteiger charge is 2.17. The number of nitrogens with zero attached hydrogens (tertiary/aromatic N) is 2. The van der Waals surface area contributed by atoms with E-state index in [9.17, 15) is 19.3 Å². The van der Waals surface area contributed by atoms with E-state index in [1.54, 1.807) is 5.32 Å². The van der Waals surface area contributed by atoms with Crippen LogP contribution in [0.4, 0.5) is 20.7 Å². The molecular formula is C6H4FN3O4. The Kier molecular flexibility index (Phi) is 2.56. The van der Waals surface area contributed by atoms with Gasteiger partial charge in [-0.15, -0.1) is 0 Å². The van der Waals surface area contributed by atoms with Crippen LogP contribution < -0.4 is 5.32 Å². The average Bonchev–Trinajstić information content (AvgIpc) is 2.07. The van der Waals surface area contributed by atoms with Crippen LogP contribution in [0.3, 0.4) is 0 Å². The number of hydrogen-bond donors (Lipinski definition) is 2. The van der Waals surface area contributed by atoms with Crippen molar-refractivity contribution >= 4 is 17.6 Å². The Morgan fingerprint density at radius 3 is 2.86 bits per heavy atom. The van der Waals surface area contributed by atoms with Crippen LogP contribution in [0.15, 0.2) is 12.3 Å². The average molecular weight is 201 g/mol. The number of anilines is 1. The molecule has 0 aromatic carbocycles. The summed E-state index contributed by atoms with van der Waals surface area (Å²) >= 11 is 0. The van der Waals surface area contributed by atoms with Crippen LogP contribution in [0.25, 0.3) is 0 Å². The van der Waals surface area contributed by atoms with Gasteiger partial charge in [0.1, 0.15) is 5.82 Å². The lowest BCUT2D eigenvalue weighted by Gasteiger charge is -2.00. The molecule has 1 aromatic rings. The highest BCUT2D eigenvalue weighted by molar-refractivity contribution is 5.84. The highest BCUT2D eigenvalue weighted by Crippen LogP contribution is 2.21. The van der Waals surface area contributed by atoms with Crippen molar-refractivity contribution in [1.29, 1.82) is 0 Å². The van der Waals surface area contributed by atoms with Crippen LogP contribution >= 0.6 is 0 Å². The molecule has 0 atom stereocenters. The molecule has 1 rings (SSSR count). The predicted molar refractivity (Wildman–Crippen MR) is 42.5 cm³/mol. The van der Waals surface area contributed by atoms with Crippen molar-refractivity contribution in [3.05, 3.63) is 28.2 Å². The maximum absolute atomic E-state index is 12.5. The quantitative estimate of drug-likeness (QED) is 0.552. The van der Waals surface area contributed by atoms with Gasteiger partial charge in [-0.1, -0.05) is 0 Å². The number of aromatic nitrogens is 1. The fraction of sp³-hybridized carbons (Fsp3) is 0. The van der Waals surface area contributed by atoms with Crippen LogP contribution in [-0.4, -0.2) is 21.1 Å². The summed E-state index contributed by atoms with van der Waals surface area (Å²) in [6.45, 7) is 0. The molecule has 74 valence electrons. The summed E-state index contributed by atoms with van der Waals surface area (Å²) in [7, 11) is 0. The summed E-state index contributed by atoms with van der Waals surface area (Å²) in [5.74, 6) is -1.42. The first kappa shape index (κ1) is 9.84. The maximum atomic E-state index is 12.5. The highest BCUT2D eigenvalue weighted by atomic mass is 19.1. The first-order valence-electron chi connectivity index (χ1n) is 3.30. The molecule has 0 aliphatic carbocycles. The van der Waals surface area contributed by atoms with Crippen molar-refractivity contribution < 1.29 is 19.2 Å². The number of carboxylic acid groups (broad SMARTS) is 1. The summed E-state index contributed by atoms with van der Waals surface area (Å²) in [5, 5.41) is 20.3. The van der Waals surface area contributed by atoms with Gasteiger partial charge in [-0.25, -0.2) is 14.2 Å². The number of rotatable bonds is 2. The lowest BCUT2D eigenvalue weighted by Crippen LogP contribution is -2.10. The fourth-order valence-electron chi connectivity index (χ4n) is 0.765. The molecule has 1 amide bonds. The number of amides is 1. The minimum atomic E-state index is -1.51. The number of hydrogen-bond acceptors (Lipinski definition) is 4. The topological polar surface area (TPSA) is 105 Å². The second kappa shape index (κ2) is 3.64. The largest absolute Gasteiger partial charge is 0.465 e. The standard InChI is InChI=1S/C6H4FN3O4/c7-3-1-4(10(13)14)5(8-2-3)9-6(11)12/h1-2H,(H,8,9)(H,11,12). The number of nitro groups is 1. The SMILES string of the molecule is O=C(O)Nc1ncc(F)cc1[N+](=O)[O-]. The maximum Gasteiger partial charge on any atom is 0.410 e. The third-order valence-corrected chi connectivity index (χ3v) is 1.26. The molecule has 0 spiro atoms. The molecular weight excluding hydrogens is 197 g/mol. The van der Waals surface area contributed by atoms with Gasteiger partial charge < -0.3 is 5.11 Å². The molecule has 0 aliphatic rings. The zero-order chi connectivity index (χ0) is 10.7. The molecule has 0 aliphatic heterocycles. The Balaban J connectivity index is 3.14. The van der Waals surface area contributed by atoms with Crippen molar-refractivity contribution in [3.63, 3.8) is 0 Å². The smallest absolute Gasteiger partial charge is 0.410 e. The van der Waals surface area contributed by atoms with Gasteiger partial charge in [-0.2, -0.15) is 0 Å². The van der Waals surface area contributed by atoms with Crippen molar-refractivity contribution in [3.8, 4) is 0 Å². The predicted octanol–water partition coefficient (Wildman–Crippen LogP) is 1.22. The molecule has 0 bridgehead atoms. The van der Waals surface area contributed by atoms with Gasteiger partial charge in [0.15, 0.2) is 0 Å². The second-order valence-corrected chi connectivity index (χ2v) is 2.21. The molecule has 14 heavy (non-hydrogen) atoms. The molecule has 7 nitrogen and oxygen atoms in total. The molecule has 0 saturated heterocycles. The van der Waals surface area contributed by atoms with Gasteiger partial charge >= 0.3 is 11.8 Å². The van der Waals surface area contributed by atoms with E-state index in [2.05, 4.69) is 4.98 Å². The summed E-state index contributed by atoms with van der Waals surface area (Å²) in [4.78, 5) is 22.8. The Hall–Kier alpha value is -2.25. The van der Waals surface area contributed by atoms with Gasteiger partial charge in [-0.3, -0.25) is 15.4 Å². The number of nitrogens with one attached hydrogen (secondary N) is 1. The van der Waals surface area contributed by atoms with Gasteiger partial charge in [0.05, 0.1) is 17.2 Å². The van der Waals surface area contributed by atoms with Crippen molar-refractivity contribution in [2.45, 2.75) is 0 Å². The van der Waals surface area contributed by atoms with E-state index in [4.69, 9.17) is 5.11 Å². The van der Waals surface area contributed by atoms with Gasteiger partial charge in [0, 0.05) is 0 Å². The van der Waals surface area contributed by atoms with E-state index in [0.717, 1.165) is 0 Å². The third kappa shape index (κ3) is 2.12. The zero-order valence-corrected chi connectivity index (χ0v) is 6.60. The van der Waals surface area contributed by atoms with Crippen LogP contribution in [0.1, 0.15) is 0 Å². The summed E-state index contributed by atoms with van der Waals surface area (Å²) in [6.07, 6.45) is -0.828. The molecule has 0 saturated carbocycles. The van der Waals surface area contributed by atoms with Crippen molar-refractivity contribution in [2.24, 2.45) is 0 Å². The Morgan fingerprint density at radius 1 is 1.71 bits per heavy atom. The minimum Gasteiger partial charge on any atom is -0.465 e. The van der Waals surface area contributed by atoms with Gasteiger partial charge in [0.2, 0.25) is 5.82 Å². The van der Waals surface area contributed by atoms with E-state index in [0.29, 0.717) is 12.3 Å². The van der Waals surface area contributed by atoms with E-state index >= 15 is 0 Å². The van der Waals surface area contributed by atoms with E-state index in [1.807, 2.05) is 0 Å². The van der Waals surface area contributed by atoms with E-state index in [1.165, 1.54) is 0 Å². The number of carbonyl (C=O) groups is 1. The van der Waals surface area contributed by atoms with Gasteiger partial charge in [0.25, 0.3) is 0 Å². The normalized spacial score (nSPS) is 9.50. The van der Waals surface area contributed by atoms with Crippen LogP contribution in [0.5, 0.6) is 0 Å². The van der Waals surface area contributed by atoms with Crippen LogP contribution in [0, 0.1) is 15.9 Å². The Morgan fingerprint density at radius 2 is 2.36 bits per heavy atom. The molecule has 0 unspecified atom stereocenters. The van der Waals surface area contributed by atoms with Crippen molar-refractivity contribution in [2.75, 3.05) is 5.32 Å². The van der Waals surface area contributed by atoms with E-state index in [-0.39, 0.29) is 0 Å². The Labute approximate surface area is 76.3 Å². The molecule has 2 N–H and O–H groups in total. The fourth-order valence-corrected chi connectivity index (χ4v) is 0.765. The molecule has 0 fully saturated rings. The second-order valence-electron chi connectivity index (χ2n) is 2.21. The first-order valence-corrected chi connectivity index (χ1v) is 3.30. The third-order valence-electron chi connectivity index (χ3n) is 1.26. The van der Waals surface area contributed by atoms with Crippen LogP contribution in [-0.2, 0) is 0 Å². The number of pyridine rings is 1. The monoisotopic (exact) mass is 201 g/mol. The molecule has 1 heterocycles. The van der Waals surface area contributed by atoms with E-state index < -0.39 is 28.3 Å². The van der Waals surface area contributed by atoms with Crippen LogP contribution in [0.2, 0.25) is 0 Å². The van der Waals surface area contributed by atoms with Gasteiger partial charge in [-0.05, 0) is 0 Å². The molecule has 1 aromatic heterocycles. The lowest BCUT2D eigenvalue weighted by atomic mass is 10.4. The van der Waals surface area contributed by atoms with Crippen molar-refractivity contribution in [1.82, 2.24) is 4.98 Å². The first-order chi connectivity index (χ1) is 6.50. The minimum absolute atomic E-state index is 0.510. The molecule has 0 radical (unpaired) electrons. The molecule has 8 heteroatoms. The lowest BCUT2D eigenvalue weighted by molar-refractivity contribution is -0.384. The zero-order valence-electron chi connectivity index (χ0n) is 6.60. The summed E-state index contributed by atoms with van der Waals surface area (Å²) in [6, 6.07) is 0.582. The summed E-state index contributed by atoms with van der Waals surface area (Å²) in [5.41, 5.74) is -0.729. The Bertz CT molecular complexity index is 395. The number of halogens is 1.